The highest BCUT2D eigenvalue weighted by Crippen LogP contribution is 2.49. The quantitative estimate of drug-likeness (QED) is 0.303. The van der Waals surface area contributed by atoms with Gasteiger partial charge in [0.25, 0.3) is 0 Å². The van der Waals surface area contributed by atoms with Gasteiger partial charge in [0, 0.05) is 42.5 Å². The largest absolute Gasteiger partial charge is 0.457 e. The molecule has 0 saturated heterocycles. The van der Waals surface area contributed by atoms with Crippen LogP contribution in [0.25, 0.3) is 0 Å². The van der Waals surface area contributed by atoms with E-state index in [0.717, 1.165) is 36.9 Å². The maximum absolute atomic E-state index is 6.48. The molecule has 3 aliphatic heterocycles. The lowest BCUT2D eigenvalue weighted by Crippen LogP contribution is -2.49. The highest BCUT2D eigenvalue weighted by molar-refractivity contribution is 5.88. The fourth-order valence-corrected chi connectivity index (χ4v) is 6.08. The minimum Gasteiger partial charge on any atom is -0.457 e. The Kier molecular flexibility index (Phi) is 4.82. The summed E-state index contributed by atoms with van der Waals surface area (Å²) in [5.74, 6) is 1.71. The fraction of sp³-hybridized carbons (Fsp3) is 0.250. The second kappa shape index (κ2) is 8.02. The van der Waals surface area contributed by atoms with Crippen LogP contribution < -0.4 is 19.4 Å². The van der Waals surface area contributed by atoms with E-state index in [4.69, 9.17) is 4.74 Å². The van der Waals surface area contributed by atoms with Crippen molar-refractivity contribution in [3.8, 4) is 11.5 Å². The van der Waals surface area contributed by atoms with Gasteiger partial charge in [0.05, 0.1) is 30.4 Å². The standard InChI is InChI=1S/C32H32N4O/c1-32(2)27-12-5-6-13-28(27)35(21-34(32)4)24-10-8-11-25(18-24)37-26-16-15-22-17-23-9-7-14-29-31(23)36(20-33(29)3)30(22)19-26/h5-16,18-19H,17,20-21H2,1-4H3. The summed E-state index contributed by atoms with van der Waals surface area (Å²) in [5.41, 5.74) is 10.3. The summed E-state index contributed by atoms with van der Waals surface area (Å²) in [5, 5.41) is 0. The molecule has 0 unspecified atom stereocenters. The van der Waals surface area contributed by atoms with Crippen molar-refractivity contribution in [3.63, 3.8) is 0 Å². The molecule has 0 amide bonds. The van der Waals surface area contributed by atoms with Gasteiger partial charge in [-0.1, -0.05) is 42.5 Å². The zero-order valence-corrected chi connectivity index (χ0v) is 21.9. The molecule has 3 heterocycles. The van der Waals surface area contributed by atoms with Crippen LogP contribution in [0.5, 0.6) is 11.5 Å². The third-order valence-corrected chi connectivity index (χ3v) is 8.39. The number of hydrogen-bond acceptors (Lipinski definition) is 5. The first-order valence-electron chi connectivity index (χ1n) is 13.0. The Morgan fingerprint density at radius 3 is 2.35 bits per heavy atom. The number of rotatable bonds is 3. The van der Waals surface area contributed by atoms with Crippen LogP contribution >= 0.6 is 0 Å². The Bertz CT molecular complexity index is 1530. The number of ether oxygens (including phenoxy) is 1. The molecule has 5 nitrogen and oxygen atoms in total. The predicted octanol–water partition coefficient (Wildman–Crippen LogP) is 7.20. The summed E-state index contributed by atoms with van der Waals surface area (Å²) >= 11 is 0. The smallest absolute Gasteiger partial charge is 0.129 e. The second-order valence-corrected chi connectivity index (χ2v) is 11.0. The van der Waals surface area contributed by atoms with E-state index < -0.39 is 0 Å². The maximum Gasteiger partial charge on any atom is 0.129 e. The molecular formula is C32H32N4O. The summed E-state index contributed by atoms with van der Waals surface area (Å²) in [6.45, 7) is 6.25. The van der Waals surface area contributed by atoms with E-state index in [9.17, 15) is 0 Å². The average Bonchev–Trinajstić information content (AvgIpc) is 3.25. The molecule has 37 heavy (non-hydrogen) atoms. The Morgan fingerprint density at radius 2 is 1.46 bits per heavy atom. The van der Waals surface area contributed by atoms with Crippen molar-refractivity contribution in [1.82, 2.24) is 4.90 Å². The molecule has 7 rings (SSSR count). The van der Waals surface area contributed by atoms with Crippen molar-refractivity contribution in [1.29, 1.82) is 0 Å². The van der Waals surface area contributed by atoms with Gasteiger partial charge in [-0.25, -0.2) is 0 Å². The van der Waals surface area contributed by atoms with E-state index in [1.54, 1.807) is 0 Å². The lowest BCUT2D eigenvalue weighted by atomic mass is 9.88. The van der Waals surface area contributed by atoms with Gasteiger partial charge >= 0.3 is 0 Å². The molecule has 4 aromatic carbocycles. The molecule has 0 atom stereocenters. The van der Waals surface area contributed by atoms with E-state index in [0.29, 0.717) is 0 Å². The second-order valence-electron chi connectivity index (χ2n) is 11.0. The molecule has 0 saturated carbocycles. The van der Waals surface area contributed by atoms with E-state index in [1.165, 1.54) is 39.4 Å². The van der Waals surface area contributed by atoms with Crippen molar-refractivity contribution in [2.75, 3.05) is 42.1 Å². The fourth-order valence-electron chi connectivity index (χ4n) is 6.08. The summed E-state index contributed by atoms with van der Waals surface area (Å²) in [6.07, 6.45) is 0.955. The Labute approximate surface area is 219 Å². The Hall–Kier alpha value is -3.96. The molecular weight excluding hydrogens is 456 g/mol. The number of anilines is 5. The minimum absolute atomic E-state index is 0.0214. The third-order valence-electron chi connectivity index (χ3n) is 8.39. The van der Waals surface area contributed by atoms with E-state index in [2.05, 4.69) is 126 Å². The maximum atomic E-state index is 6.48. The molecule has 3 aliphatic rings. The summed E-state index contributed by atoms with van der Waals surface area (Å²) in [6, 6.07) is 30.3. The van der Waals surface area contributed by atoms with Gasteiger partial charge in [-0.05, 0) is 67.9 Å². The Morgan fingerprint density at radius 1 is 0.676 bits per heavy atom. The van der Waals surface area contributed by atoms with Crippen LogP contribution in [0.4, 0.5) is 28.4 Å². The Balaban J connectivity index is 1.20. The number of hydrogen-bond donors (Lipinski definition) is 0. The topological polar surface area (TPSA) is 22.2 Å². The first kappa shape index (κ1) is 22.3. The molecule has 0 fully saturated rings. The van der Waals surface area contributed by atoms with Crippen molar-refractivity contribution >= 4 is 28.4 Å². The van der Waals surface area contributed by atoms with E-state index in [-0.39, 0.29) is 5.54 Å². The summed E-state index contributed by atoms with van der Waals surface area (Å²) in [4.78, 5) is 9.51. The predicted molar refractivity (Wildman–Crippen MR) is 152 cm³/mol. The summed E-state index contributed by atoms with van der Waals surface area (Å²) < 4.78 is 6.48. The van der Waals surface area contributed by atoms with Gasteiger partial charge in [-0.15, -0.1) is 0 Å². The first-order chi connectivity index (χ1) is 17.9. The van der Waals surface area contributed by atoms with Gasteiger partial charge in [-0.3, -0.25) is 4.90 Å². The zero-order valence-electron chi connectivity index (χ0n) is 21.9. The van der Waals surface area contributed by atoms with E-state index >= 15 is 0 Å². The van der Waals surface area contributed by atoms with Crippen LogP contribution in [-0.4, -0.2) is 32.3 Å². The van der Waals surface area contributed by atoms with Gasteiger partial charge in [-0.2, -0.15) is 0 Å². The molecule has 5 heteroatoms. The van der Waals surface area contributed by atoms with Crippen LogP contribution in [0.2, 0.25) is 0 Å². The van der Waals surface area contributed by atoms with Gasteiger partial charge in [0.15, 0.2) is 0 Å². The van der Waals surface area contributed by atoms with Gasteiger partial charge in [0.2, 0.25) is 0 Å². The first-order valence-corrected chi connectivity index (χ1v) is 13.0. The van der Waals surface area contributed by atoms with Crippen LogP contribution in [0.3, 0.4) is 0 Å². The van der Waals surface area contributed by atoms with Crippen LogP contribution in [0.15, 0.2) is 84.9 Å². The highest BCUT2D eigenvalue weighted by atomic mass is 16.5. The van der Waals surface area contributed by atoms with Crippen molar-refractivity contribution in [2.24, 2.45) is 0 Å². The number of fused-ring (bicyclic) bond motifs is 3. The van der Waals surface area contributed by atoms with Crippen LogP contribution in [0, 0.1) is 0 Å². The number of benzene rings is 4. The zero-order chi connectivity index (χ0) is 25.3. The molecule has 0 bridgehead atoms. The SMILES string of the molecule is CN1CN2c3cc(Oc4cccc(N5CN(C)C(C)(C)c6ccccc65)c4)ccc3Cc3cccc1c32. The highest BCUT2D eigenvalue weighted by Gasteiger charge is 2.36. The number of para-hydroxylation sites is 2. The molecule has 186 valence electrons. The molecule has 0 spiro atoms. The lowest BCUT2D eigenvalue weighted by molar-refractivity contribution is 0.150. The minimum atomic E-state index is -0.0214. The van der Waals surface area contributed by atoms with Crippen molar-refractivity contribution < 1.29 is 4.74 Å². The van der Waals surface area contributed by atoms with Gasteiger partial charge in [0.1, 0.15) is 11.5 Å². The molecule has 0 aromatic heterocycles. The van der Waals surface area contributed by atoms with Crippen molar-refractivity contribution in [3.05, 3.63) is 102 Å². The summed E-state index contributed by atoms with van der Waals surface area (Å²) in [7, 11) is 4.35. The number of nitrogens with zero attached hydrogens (tertiary/aromatic N) is 4. The molecule has 4 aromatic rings. The monoisotopic (exact) mass is 488 g/mol. The third kappa shape index (κ3) is 3.41. The average molecular weight is 489 g/mol. The molecule has 0 radical (unpaired) electrons. The molecule has 0 aliphatic carbocycles. The van der Waals surface area contributed by atoms with Gasteiger partial charge < -0.3 is 19.4 Å². The van der Waals surface area contributed by atoms with Crippen LogP contribution in [0.1, 0.15) is 30.5 Å². The lowest BCUT2D eigenvalue weighted by Gasteiger charge is -2.47. The van der Waals surface area contributed by atoms with Crippen LogP contribution in [-0.2, 0) is 12.0 Å². The van der Waals surface area contributed by atoms with E-state index in [1.807, 2.05) is 6.07 Å². The molecule has 0 N–H and O–H groups in total. The van der Waals surface area contributed by atoms with Crippen molar-refractivity contribution in [2.45, 2.75) is 25.8 Å². The normalized spacial score (nSPS) is 17.4.